The number of unbranched alkanes of at least 4 members (excludes halogenated alkanes) is 16. The summed E-state index contributed by atoms with van der Waals surface area (Å²) in [5.41, 5.74) is 0. The van der Waals surface area contributed by atoms with E-state index in [0.29, 0.717) is 6.04 Å². The van der Waals surface area contributed by atoms with E-state index < -0.39 is 0 Å². The molecule has 26 heavy (non-hydrogen) atoms. The topological polar surface area (TPSA) is 32.3 Å². The Morgan fingerprint density at radius 2 is 1.12 bits per heavy atom. The minimum absolute atomic E-state index is 0.103. The van der Waals surface area contributed by atoms with E-state index in [1.807, 2.05) is 0 Å². The lowest BCUT2D eigenvalue weighted by Crippen LogP contribution is -2.34. The first kappa shape index (κ1) is 24.0. The molecule has 0 saturated carbocycles. The van der Waals surface area contributed by atoms with Crippen molar-refractivity contribution in [1.82, 2.24) is 5.32 Å². The van der Waals surface area contributed by atoms with Crippen LogP contribution in [0, 0.1) is 0 Å². The van der Waals surface area contributed by atoms with Crippen molar-refractivity contribution in [3.05, 3.63) is 0 Å². The molecule has 2 atom stereocenters. The molecule has 0 aromatic rings. The van der Waals surface area contributed by atoms with Crippen LogP contribution in [-0.4, -0.2) is 23.8 Å². The minimum atomic E-state index is -0.103. The molecule has 0 aromatic carbocycles. The molecule has 1 heterocycles. The Kier molecular flexibility index (Phi) is 16.9. The summed E-state index contributed by atoms with van der Waals surface area (Å²) in [5, 5.41) is 13.5. The normalized spacial score (nSPS) is 18.5. The van der Waals surface area contributed by atoms with Crippen molar-refractivity contribution in [1.29, 1.82) is 0 Å². The van der Waals surface area contributed by atoms with Crippen LogP contribution in [-0.2, 0) is 0 Å². The smallest absolute Gasteiger partial charge is 0.0693 e. The van der Waals surface area contributed by atoms with Crippen LogP contribution in [0.1, 0.15) is 135 Å². The van der Waals surface area contributed by atoms with Gasteiger partial charge in [-0.1, -0.05) is 116 Å². The molecule has 2 N–H and O–H groups in total. The predicted molar refractivity (Wildman–Crippen MR) is 116 cm³/mol. The van der Waals surface area contributed by atoms with Gasteiger partial charge < -0.3 is 10.4 Å². The lowest BCUT2D eigenvalue weighted by atomic mass is 10.0. The van der Waals surface area contributed by atoms with Crippen LogP contribution in [0.4, 0.5) is 0 Å². The Labute approximate surface area is 164 Å². The Bertz CT molecular complexity index is 275. The quantitative estimate of drug-likeness (QED) is 0.238. The number of aliphatic hydroxyl groups is 1. The Hall–Kier alpha value is -0.0800. The number of hydrogen-bond acceptors (Lipinski definition) is 2. The SMILES string of the molecule is CCCCCCCCCCCCCCCCCCCC(O)C1CCCN1. The van der Waals surface area contributed by atoms with Gasteiger partial charge in [-0.25, -0.2) is 0 Å². The van der Waals surface area contributed by atoms with Gasteiger partial charge in [-0.2, -0.15) is 0 Å². The van der Waals surface area contributed by atoms with Crippen molar-refractivity contribution in [3.63, 3.8) is 0 Å². The molecule has 0 spiro atoms. The minimum Gasteiger partial charge on any atom is -0.392 e. The maximum atomic E-state index is 10.1. The highest BCUT2D eigenvalue weighted by Gasteiger charge is 2.21. The van der Waals surface area contributed by atoms with Crippen molar-refractivity contribution >= 4 is 0 Å². The molecule has 0 amide bonds. The molecule has 0 aliphatic carbocycles. The molecule has 0 bridgehead atoms. The summed E-state index contributed by atoms with van der Waals surface area (Å²) in [6.07, 6.45) is 27.4. The van der Waals surface area contributed by atoms with Crippen LogP contribution < -0.4 is 5.32 Å². The van der Waals surface area contributed by atoms with Crippen molar-refractivity contribution in [2.45, 2.75) is 147 Å². The zero-order valence-corrected chi connectivity index (χ0v) is 18.0. The molecule has 1 rings (SSSR count). The molecule has 2 nitrogen and oxygen atoms in total. The highest BCUT2D eigenvalue weighted by atomic mass is 16.3. The van der Waals surface area contributed by atoms with Crippen molar-refractivity contribution in [3.8, 4) is 0 Å². The Balaban J connectivity index is 1.68. The standard InChI is InChI=1S/C24H49NO/c1-2-3-4-5-6-7-8-9-10-11-12-13-14-15-16-17-18-21-24(26)23-20-19-22-25-23/h23-26H,2-22H2,1H3. The second-order valence-corrected chi connectivity index (χ2v) is 8.72. The van der Waals surface area contributed by atoms with Crippen molar-refractivity contribution in [2.24, 2.45) is 0 Å². The lowest BCUT2D eigenvalue weighted by molar-refractivity contribution is 0.123. The van der Waals surface area contributed by atoms with E-state index in [9.17, 15) is 5.11 Å². The third-order valence-electron chi connectivity index (χ3n) is 6.17. The van der Waals surface area contributed by atoms with Gasteiger partial charge in [0.05, 0.1) is 6.10 Å². The first-order valence-electron chi connectivity index (χ1n) is 12.3. The number of aliphatic hydroxyl groups excluding tert-OH is 1. The summed E-state index contributed by atoms with van der Waals surface area (Å²) < 4.78 is 0. The van der Waals surface area contributed by atoms with Crippen LogP contribution in [0.25, 0.3) is 0 Å². The second kappa shape index (κ2) is 18.3. The number of hydrogen-bond donors (Lipinski definition) is 2. The van der Waals surface area contributed by atoms with Gasteiger partial charge >= 0.3 is 0 Å². The molecule has 1 aliphatic rings. The van der Waals surface area contributed by atoms with Gasteiger partial charge in [0.25, 0.3) is 0 Å². The molecular formula is C24H49NO. The van der Waals surface area contributed by atoms with E-state index in [2.05, 4.69) is 12.2 Å². The second-order valence-electron chi connectivity index (χ2n) is 8.72. The zero-order chi connectivity index (χ0) is 18.7. The maximum absolute atomic E-state index is 10.1. The third kappa shape index (κ3) is 14.0. The van der Waals surface area contributed by atoms with Crippen LogP contribution >= 0.6 is 0 Å². The molecule has 2 unspecified atom stereocenters. The van der Waals surface area contributed by atoms with Crippen molar-refractivity contribution < 1.29 is 5.11 Å². The first-order chi connectivity index (χ1) is 12.8. The van der Waals surface area contributed by atoms with E-state index in [-0.39, 0.29) is 6.10 Å². The van der Waals surface area contributed by atoms with Gasteiger partial charge in [-0.15, -0.1) is 0 Å². The van der Waals surface area contributed by atoms with E-state index in [1.165, 1.54) is 122 Å². The average molecular weight is 368 g/mol. The monoisotopic (exact) mass is 367 g/mol. The average Bonchev–Trinajstić information content (AvgIpc) is 3.19. The molecular weight excluding hydrogens is 318 g/mol. The first-order valence-corrected chi connectivity index (χ1v) is 12.3. The fraction of sp³-hybridized carbons (Fsp3) is 1.00. The summed E-state index contributed by atoms with van der Waals surface area (Å²) in [6, 6.07) is 0.385. The predicted octanol–water partition coefficient (Wildman–Crippen LogP) is 7.14. The summed E-state index contributed by atoms with van der Waals surface area (Å²) in [5.74, 6) is 0. The summed E-state index contributed by atoms with van der Waals surface area (Å²) in [7, 11) is 0. The number of rotatable bonds is 19. The fourth-order valence-electron chi connectivity index (χ4n) is 4.32. The third-order valence-corrected chi connectivity index (χ3v) is 6.17. The Morgan fingerprint density at radius 3 is 1.50 bits per heavy atom. The van der Waals surface area contributed by atoms with Gasteiger partial charge in [0.15, 0.2) is 0 Å². The molecule has 156 valence electrons. The van der Waals surface area contributed by atoms with Gasteiger partial charge in [-0.3, -0.25) is 0 Å². The van der Waals surface area contributed by atoms with E-state index in [1.54, 1.807) is 0 Å². The molecule has 1 saturated heterocycles. The van der Waals surface area contributed by atoms with Crippen LogP contribution in [0.5, 0.6) is 0 Å². The molecule has 0 radical (unpaired) electrons. The zero-order valence-electron chi connectivity index (χ0n) is 18.0. The van der Waals surface area contributed by atoms with Gasteiger partial charge in [0, 0.05) is 6.04 Å². The Morgan fingerprint density at radius 1 is 0.692 bits per heavy atom. The van der Waals surface area contributed by atoms with Crippen molar-refractivity contribution in [2.75, 3.05) is 6.54 Å². The molecule has 2 heteroatoms. The molecule has 1 fully saturated rings. The van der Waals surface area contributed by atoms with Gasteiger partial charge in [0.1, 0.15) is 0 Å². The fourth-order valence-corrected chi connectivity index (χ4v) is 4.32. The highest BCUT2D eigenvalue weighted by molar-refractivity contribution is 4.80. The summed E-state index contributed by atoms with van der Waals surface area (Å²) >= 11 is 0. The summed E-state index contributed by atoms with van der Waals surface area (Å²) in [4.78, 5) is 0. The summed E-state index contributed by atoms with van der Waals surface area (Å²) in [6.45, 7) is 3.39. The molecule has 0 aromatic heterocycles. The maximum Gasteiger partial charge on any atom is 0.0693 e. The highest BCUT2D eigenvalue weighted by Crippen LogP contribution is 2.17. The van der Waals surface area contributed by atoms with E-state index in [0.717, 1.165) is 13.0 Å². The van der Waals surface area contributed by atoms with E-state index >= 15 is 0 Å². The van der Waals surface area contributed by atoms with E-state index in [4.69, 9.17) is 0 Å². The number of nitrogens with one attached hydrogen (secondary N) is 1. The lowest BCUT2D eigenvalue weighted by Gasteiger charge is -2.17. The molecule has 1 aliphatic heterocycles. The van der Waals surface area contributed by atoms with Crippen LogP contribution in [0.2, 0.25) is 0 Å². The van der Waals surface area contributed by atoms with Gasteiger partial charge in [0.2, 0.25) is 0 Å². The van der Waals surface area contributed by atoms with Gasteiger partial charge in [-0.05, 0) is 25.8 Å². The van der Waals surface area contributed by atoms with Crippen LogP contribution in [0.3, 0.4) is 0 Å². The van der Waals surface area contributed by atoms with Crippen LogP contribution in [0.15, 0.2) is 0 Å². The largest absolute Gasteiger partial charge is 0.392 e.